The summed E-state index contributed by atoms with van der Waals surface area (Å²) in [6, 6.07) is 0. The van der Waals surface area contributed by atoms with E-state index in [2.05, 4.69) is 6.92 Å². The first-order chi connectivity index (χ1) is 8.15. The molecule has 0 aromatic rings. The van der Waals surface area contributed by atoms with Crippen molar-refractivity contribution < 1.29 is 14.3 Å². The molecule has 2 amide bonds. The lowest BCUT2D eigenvalue weighted by Gasteiger charge is -2.27. The Kier molecular flexibility index (Phi) is 5.97. The van der Waals surface area contributed by atoms with Crippen molar-refractivity contribution in [2.45, 2.75) is 26.2 Å². The first-order valence-electron chi connectivity index (χ1n) is 6.24. The number of morpholine rings is 1. The Bertz CT molecular complexity index is 262. The van der Waals surface area contributed by atoms with Gasteiger partial charge < -0.3 is 14.5 Å². The molecule has 0 atom stereocenters. The molecule has 0 spiro atoms. The lowest BCUT2D eigenvalue weighted by atomic mass is 10.2. The summed E-state index contributed by atoms with van der Waals surface area (Å²) >= 11 is 0. The second-order valence-corrected chi connectivity index (χ2v) is 4.34. The molecule has 1 saturated heterocycles. The summed E-state index contributed by atoms with van der Waals surface area (Å²) in [6.45, 7) is 5.16. The Balaban J connectivity index is 2.31. The van der Waals surface area contributed by atoms with Crippen LogP contribution in [0.15, 0.2) is 0 Å². The van der Waals surface area contributed by atoms with Crippen LogP contribution in [0.1, 0.15) is 26.2 Å². The largest absolute Gasteiger partial charge is 0.378 e. The Hall–Kier alpha value is -1.10. The summed E-state index contributed by atoms with van der Waals surface area (Å²) in [5, 5.41) is 0. The van der Waals surface area contributed by atoms with E-state index in [1.54, 1.807) is 16.8 Å². The molecule has 1 heterocycles. The van der Waals surface area contributed by atoms with Gasteiger partial charge in [-0.3, -0.25) is 9.59 Å². The maximum absolute atomic E-state index is 11.8. The predicted octanol–water partition coefficient (Wildman–Crippen LogP) is 0.494. The van der Waals surface area contributed by atoms with Gasteiger partial charge >= 0.3 is 0 Å². The molecule has 5 nitrogen and oxygen atoms in total. The number of hydrogen-bond donors (Lipinski definition) is 0. The van der Waals surface area contributed by atoms with Crippen LogP contribution in [0.2, 0.25) is 0 Å². The highest BCUT2D eigenvalue weighted by Crippen LogP contribution is 2.03. The Labute approximate surface area is 103 Å². The molecule has 0 N–H and O–H groups in total. The van der Waals surface area contributed by atoms with Crippen LogP contribution in [0.25, 0.3) is 0 Å². The molecule has 98 valence electrons. The van der Waals surface area contributed by atoms with E-state index in [1.165, 1.54) is 0 Å². The fourth-order valence-electron chi connectivity index (χ4n) is 1.71. The van der Waals surface area contributed by atoms with Gasteiger partial charge in [-0.2, -0.15) is 0 Å². The fraction of sp³-hybridized carbons (Fsp3) is 0.833. The molecule has 0 unspecified atom stereocenters. The number of amides is 2. The average molecular weight is 242 g/mol. The zero-order valence-corrected chi connectivity index (χ0v) is 10.8. The van der Waals surface area contributed by atoms with Crippen molar-refractivity contribution in [1.82, 2.24) is 9.80 Å². The van der Waals surface area contributed by atoms with Crippen LogP contribution >= 0.6 is 0 Å². The van der Waals surface area contributed by atoms with Crippen LogP contribution in [0, 0.1) is 0 Å². The zero-order chi connectivity index (χ0) is 12.7. The molecule has 0 bridgehead atoms. The summed E-state index contributed by atoms with van der Waals surface area (Å²) in [5.74, 6) is -0.170. The van der Waals surface area contributed by atoms with E-state index in [4.69, 9.17) is 4.74 Å². The predicted molar refractivity (Wildman–Crippen MR) is 64.6 cm³/mol. The molecule has 0 aliphatic carbocycles. The van der Waals surface area contributed by atoms with Crippen molar-refractivity contribution in [2.75, 3.05) is 39.9 Å². The van der Waals surface area contributed by atoms with Gasteiger partial charge in [0.1, 0.15) is 6.42 Å². The van der Waals surface area contributed by atoms with Crippen LogP contribution in [0.4, 0.5) is 0 Å². The maximum atomic E-state index is 11.8. The van der Waals surface area contributed by atoms with E-state index in [9.17, 15) is 9.59 Å². The monoisotopic (exact) mass is 242 g/mol. The van der Waals surface area contributed by atoms with Gasteiger partial charge in [0.05, 0.1) is 13.2 Å². The van der Waals surface area contributed by atoms with Crippen LogP contribution in [-0.4, -0.2) is 61.5 Å². The highest BCUT2D eigenvalue weighted by molar-refractivity contribution is 5.96. The van der Waals surface area contributed by atoms with Gasteiger partial charge in [0.25, 0.3) is 0 Å². The number of ether oxygens (including phenoxy) is 1. The number of hydrogen-bond acceptors (Lipinski definition) is 3. The smallest absolute Gasteiger partial charge is 0.232 e. The summed E-state index contributed by atoms with van der Waals surface area (Å²) in [5.41, 5.74) is 0. The van der Waals surface area contributed by atoms with Crippen molar-refractivity contribution in [3.8, 4) is 0 Å². The van der Waals surface area contributed by atoms with Crippen molar-refractivity contribution in [2.24, 2.45) is 0 Å². The molecule has 1 fully saturated rings. The Morgan fingerprint density at radius 1 is 1.29 bits per heavy atom. The van der Waals surface area contributed by atoms with E-state index in [0.29, 0.717) is 26.3 Å². The molecular weight excluding hydrogens is 220 g/mol. The second kappa shape index (κ2) is 7.27. The first-order valence-corrected chi connectivity index (χ1v) is 6.24. The van der Waals surface area contributed by atoms with E-state index in [0.717, 1.165) is 19.4 Å². The summed E-state index contributed by atoms with van der Waals surface area (Å²) in [6.07, 6.45) is 2.02. The highest BCUT2D eigenvalue weighted by atomic mass is 16.5. The standard InChI is InChI=1S/C12H22N2O3/c1-3-4-5-13(2)11(15)10-12(16)14-6-8-17-9-7-14/h3-10H2,1-2H3. The molecule has 5 heteroatoms. The minimum absolute atomic E-state index is 0.0137. The van der Waals surface area contributed by atoms with Gasteiger partial charge in [-0.05, 0) is 6.42 Å². The molecule has 1 aliphatic rings. The SMILES string of the molecule is CCCCN(C)C(=O)CC(=O)N1CCOCC1. The first kappa shape index (κ1) is 14.0. The maximum Gasteiger partial charge on any atom is 0.232 e. The molecule has 0 radical (unpaired) electrons. The van der Waals surface area contributed by atoms with Gasteiger partial charge in [-0.15, -0.1) is 0 Å². The molecular formula is C12H22N2O3. The molecule has 0 aromatic carbocycles. The third-order valence-electron chi connectivity index (χ3n) is 2.94. The van der Waals surface area contributed by atoms with Crippen molar-refractivity contribution >= 4 is 11.8 Å². The van der Waals surface area contributed by atoms with Gasteiger partial charge in [-0.1, -0.05) is 13.3 Å². The quantitative estimate of drug-likeness (QED) is 0.659. The molecule has 1 rings (SSSR count). The van der Waals surface area contributed by atoms with Gasteiger partial charge in [0, 0.05) is 26.7 Å². The van der Waals surface area contributed by atoms with Crippen LogP contribution in [0.3, 0.4) is 0 Å². The topological polar surface area (TPSA) is 49.9 Å². The highest BCUT2D eigenvalue weighted by Gasteiger charge is 2.20. The third-order valence-corrected chi connectivity index (χ3v) is 2.94. The van der Waals surface area contributed by atoms with Crippen molar-refractivity contribution in [1.29, 1.82) is 0 Å². The zero-order valence-electron chi connectivity index (χ0n) is 10.8. The third kappa shape index (κ3) is 4.73. The molecule has 0 saturated carbocycles. The number of carbonyl (C=O) groups is 2. The fourth-order valence-corrected chi connectivity index (χ4v) is 1.71. The number of carbonyl (C=O) groups excluding carboxylic acids is 2. The molecule has 0 aromatic heterocycles. The lowest BCUT2D eigenvalue weighted by molar-refractivity contribution is -0.142. The normalized spacial score (nSPS) is 15.8. The van der Waals surface area contributed by atoms with E-state index < -0.39 is 0 Å². The van der Waals surface area contributed by atoms with Crippen molar-refractivity contribution in [3.63, 3.8) is 0 Å². The van der Waals surface area contributed by atoms with Gasteiger partial charge in [0.2, 0.25) is 11.8 Å². The Morgan fingerprint density at radius 2 is 1.94 bits per heavy atom. The minimum Gasteiger partial charge on any atom is -0.378 e. The van der Waals surface area contributed by atoms with E-state index in [-0.39, 0.29) is 18.2 Å². The molecule has 1 aliphatic heterocycles. The van der Waals surface area contributed by atoms with Gasteiger partial charge in [0.15, 0.2) is 0 Å². The summed E-state index contributed by atoms with van der Waals surface area (Å²) in [4.78, 5) is 26.9. The van der Waals surface area contributed by atoms with E-state index in [1.807, 2.05) is 0 Å². The minimum atomic E-state index is -0.0880. The van der Waals surface area contributed by atoms with Crippen LogP contribution in [-0.2, 0) is 14.3 Å². The number of unbranched alkanes of at least 4 members (excludes halogenated alkanes) is 1. The van der Waals surface area contributed by atoms with E-state index >= 15 is 0 Å². The molecule has 17 heavy (non-hydrogen) atoms. The average Bonchev–Trinajstić information content (AvgIpc) is 2.36. The second-order valence-electron chi connectivity index (χ2n) is 4.34. The lowest BCUT2D eigenvalue weighted by Crippen LogP contribution is -2.43. The number of rotatable bonds is 5. The van der Waals surface area contributed by atoms with Crippen LogP contribution in [0.5, 0.6) is 0 Å². The summed E-state index contributed by atoms with van der Waals surface area (Å²) < 4.78 is 5.17. The summed E-state index contributed by atoms with van der Waals surface area (Å²) in [7, 11) is 1.75. The Morgan fingerprint density at radius 3 is 2.53 bits per heavy atom. The van der Waals surface area contributed by atoms with Gasteiger partial charge in [-0.25, -0.2) is 0 Å². The van der Waals surface area contributed by atoms with Crippen LogP contribution < -0.4 is 0 Å². The van der Waals surface area contributed by atoms with Crippen molar-refractivity contribution in [3.05, 3.63) is 0 Å². The number of nitrogens with zero attached hydrogens (tertiary/aromatic N) is 2.